The van der Waals surface area contributed by atoms with E-state index in [1.54, 1.807) is 6.20 Å². The first-order valence-electron chi connectivity index (χ1n) is 11.4. The topological polar surface area (TPSA) is 88.6 Å². The van der Waals surface area contributed by atoms with Crippen molar-refractivity contribution in [2.24, 2.45) is 0 Å². The van der Waals surface area contributed by atoms with Gasteiger partial charge in [0, 0.05) is 43.6 Å². The SMILES string of the molecule is O=C(Cc1ccc(-c2ccc(OCCN3CCS(=O)(=O)CC3)cc2)cn1)NCc1ccccc1. The number of hydrogen-bond acceptors (Lipinski definition) is 6. The van der Waals surface area contributed by atoms with Crippen LogP contribution in [-0.4, -0.2) is 62.0 Å². The Kier molecular flexibility index (Phi) is 7.92. The summed E-state index contributed by atoms with van der Waals surface area (Å²) in [6.07, 6.45) is 2.02. The second-order valence-electron chi connectivity index (χ2n) is 8.34. The van der Waals surface area contributed by atoms with Gasteiger partial charge in [-0.15, -0.1) is 0 Å². The molecule has 1 fully saturated rings. The average Bonchev–Trinajstić information content (AvgIpc) is 2.85. The smallest absolute Gasteiger partial charge is 0.226 e. The number of pyridine rings is 1. The van der Waals surface area contributed by atoms with E-state index in [1.165, 1.54) is 0 Å². The highest BCUT2D eigenvalue weighted by atomic mass is 32.2. The van der Waals surface area contributed by atoms with Gasteiger partial charge in [-0.25, -0.2) is 8.42 Å². The highest BCUT2D eigenvalue weighted by molar-refractivity contribution is 7.91. The lowest BCUT2D eigenvalue weighted by atomic mass is 10.1. The van der Waals surface area contributed by atoms with Crippen LogP contribution in [0.5, 0.6) is 5.75 Å². The summed E-state index contributed by atoms with van der Waals surface area (Å²) in [5.74, 6) is 1.17. The number of ether oxygens (including phenoxy) is 1. The van der Waals surface area contributed by atoms with Crippen LogP contribution < -0.4 is 10.1 Å². The van der Waals surface area contributed by atoms with Gasteiger partial charge in [-0.2, -0.15) is 0 Å². The molecule has 0 unspecified atom stereocenters. The predicted octanol–water partition coefficient (Wildman–Crippen LogP) is 2.72. The van der Waals surface area contributed by atoms with E-state index in [2.05, 4.69) is 15.2 Å². The number of sulfone groups is 1. The van der Waals surface area contributed by atoms with E-state index in [0.29, 0.717) is 32.8 Å². The van der Waals surface area contributed by atoms with Gasteiger partial charge in [0.25, 0.3) is 0 Å². The second-order valence-corrected chi connectivity index (χ2v) is 10.6. The quantitative estimate of drug-likeness (QED) is 0.508. The molecule has 8 heteroatoms. The lowest BCUT2D eigenvalue weighted by molar-refractivity contribution is -0.120. The fraction of sp³-hybridized carbons (Fsp3) is 0.308. The number of rotatable bonds is 9. The molecule has 178 valence electrons. The number of nitrogens with one attached hydrogen (secondary N) is 1. The van der Waals surface area contributed by atoms with E-state index < -0.39 is 9.84 Å². The third-order valence-corrected chi connectivity index (χ3v) is 7.41. The Morgan fingerprint density at radius 1 is 0.941 bits per heavy atom. The number of benzene rings is 2. The molecule has 0 spiro atoms. The van der Waals surface area contributed by atoms with Gasteiger partial charge >= 0.3 is 0 Å². The van der Waals surface area contributed by atoms with Crippen LogP contribution >= 0.6 is 0 Å². The molecule has 1 N–H and O–H groups in total. The van der Waals surface area contributed by atoms with Gasteiger partial charge < -0.3 is 10.1 Å². The summed E-state index contributed by atoms with van der Waals surface area (Å²) < 4.78 is 28.8. The van der Waals surface area contributed by atoms with Crippen molar-refractivity contribution in [3.63, 3.8) is 0 Å². The van der Waals surface area contributed by atoms with Crippen molar-refractivity contribution in [3.8, 4) is 16.9 Å². The average molecular weight is 480 g/mol. The zero-order valence-electron chi connectivity index (χ0n) is 19.0. The molecule has 1 aliphatic heterocycles. The first-order valence-corrected chi connectivity index (χ1v) is 13.2. The van der Waals surface area contributed by atoms with Gasteiger partial charge in [0.1, 0.15) is 12.4 Å². The number of carbonyl (C=O) groups excluding carboxylic acids is 1. The number of amides is 1. The minimum absolute atomic E-state index is 0.0585. The van der Waals surface area contributed by atoms with Crippen LogP contribution in [0, 0.1) is 0 Å². The molecule has 1 amide bonds. The van der Waals surface area contributed by atoms with E-state index in [-0.39, 0.29) is 23.8 Å². The molecular weight excluding hydrogens is 450 g/mol. The lowest BCUT2D eigenvalue weighted by Crippen LogP contribution is -2.42. The summed E-state index contributed by atoms with van der Waals surface area (Å²) in [5.41, 5.74) is 3.77. The highest BCUT2D eigenvalue weighted by Crippen LogP contribution is 2.22. The zero-order chi connectivity index (χ0) is 23.8. The molecule has 0 bridgehead atoms. The van der Waals surface area contributed by atoms with Crippen LogP contribution in [0.15, 0.2) is 72.9 Å². The lowest BCUT2D eigenvalue weighted by Gasteiger charge is -2.26. The number of hydrogen-bond donors (Lipinski definition) is 1. The molecule has 34 heavy (non-hydrogen) atoms. The van der Waals surface area contributed by atoms with Gasteiger partial charge in [-0.05, 0) is 29.3 Å². The first-order chi connectivity index (χ1) is 16.5. The number of aromatic nitrogens is 1. The van der Waals surface area contributed by atoms with Crippen molar-refractivity contribution in [3.05, 3.63) is 84.2 Å². The van der Waals surface area contributed by atoms with Crippen LogP contribution in [-0.2, 0) is 27.6 Å². The maximum Gasteiger partial charge on any atom is 0.226 e. The summed E-state index contributed by atoms with van der Waals surface area (Å²) in [7, 11) is -2.85. The summed E-state index contributed by atoms with van der Waals surface area (Å²) in [6.45, 7) is 2.88. The monoisotopic (exact) mass is 479 g/mol. The molecule has 2 aromatic carbocycles. The Bertz CT molecular complexity index is 1170. The largest absolute Gasteiger partial charge is 0.492 e. The molecule has 0 aliphatic carbocycles. The highest BCUT2D eigenvalue weighted by Gasteiger charge is 2.21. The van der Waals surface area contributed by atoms with Crippen LogP contribution in [0.2, 0.25) is 0 Å². The molecule has 0 atom stereocenters. The Morgan fingerprint density at radius 2 is 1.65 bits per heavy atom. The summed E-state index contributed by atoms with van der Waals surface area (Å²) >= 11 is 0. The van der Waals surface area contributed by atoms with Gasteiger partial charge in [-0.1, -0.05) is 48.5 Å². The van der Waals surface area contributed by atoms with Gasteiger partial charge in [-0.3, -0.25) is 14.7 Å². The summed E-state index contributed by atoms with van der Waals surface area (Å²) in [4.78, 5) is 18.8. The van der Waals surface area contributed by atoms with Crippen molar-refractivity contribution < 1.29 is 17.9 Å². The maximum atomic E-state index is 12.2. The fourth-order valence-electron chi connectivity index (χ4n) is 3.73. The Morgan fingerprint density at radius 3 is 2.32 bits per heavy atom. The molecule has 2 heterocycles. The Hall–Kier alpha value is -3.23. The minimum Gasteiger partial charge on any atom is -0.492 e. The summed E-state index contributed by atoms with van der Waals surface area (Å²) in [6, 6.07) is 21.4. The minimum atomic E-state index is -2.85. The van der Waals surface area contributed by atoms with Crippen molar-refractivity contribution >= 4 is 15.7 Å². The van der Waals surface area contributed by atoms with Crippen LogP contribution in [0.3, 0.4) is 0 Å². The van der Waals surface area contributed by atoms with Crippen molar-refractivity contribution in [2.75, 3.05) is 37.7 Å². The third-order valence-electron chi connectivity index (χ3n) is 5.80. The van der Waals surface area contributed by atoms with Gasteiger partial charge in [0.15, 0.2) is 9.84 Å². The molecule has 7 nitrogen and oxygen atoms in total. The van der Waals surface area contributed by atoms with Crippen molar-refractivity contribution in [2.45, 2.75) is 13.0 Å². The standard InChI is InChI=1S/C26H29N3O4S/c30-26(28-19-21-4-2-1-3-5-21)18-24-9-6-23(20-27-24)22-7-10-25(11-8-22)33-15-12-29-13-16-34(31,32)17-14-29/h1-11,20H,12-19H2,(H,28,30). The van der Waals surface area contributed by atoms with Crippen molar-refractivity contribution in [1.82, 2.24) is 15.2 Å². The zero-order valence-corrected chi connectivity index (χ0v) is 19.8. The summed E-state index contributed by atoms with van der Waals surface area (Å²) in [5, 5.41) is 2.92. The van der Waals surface area contributed by atoms with Crippen LogP contribution in [0.25, 0.3) is 11.1 Å². The normalized spacial score (nSPS) is 15.5. The molecule has 4 rings (SSSR count). The van der Waals surface area contributed by atoms with E-state index in [9.17, 15) is 13.2 Å². The fourth-order valence-corrected chi connectivity index (χ4v) is 5.01. The van der Waals surface area contributed by atoms with Gasteiger partial charge in [0.05, 0.1) is 17.9 Å². The van der Waals surface area contributed by atoms with Crippen molar-refractivity contribution in [1.29, 1.82) is 0 Å². The molecule has 1 saturated heterocycles. The molecule has 0 saturated carbocycles. The first kappa shape index (κ1) is 23.9. The van der Waals surface area contributed by atoms with E-state index >= 15 is 0 Å². The number of nitrogens with zero attached hydrogens (tertiary/aromatic N) is 2. The molecular formula is C26H29N3O4S. The van der Waals surface area contributed by atoms with Gasteiger partial charge in [0.2, 0.25) is 5.91 Å². The third kappa shape index (κ3) is 7.13. The maximum absolute atomic E-state index is 12.2. The molecule has 1 aromatic heterocycles. The Labute approximate surface area is 200 Å². The van der Waals surface area contributed by atoms with Crippen LogP contribution in [0.1, 0.15) is 11.3 Å². The second kappa shape index (κ2) is 11.3. The molecule has 0 radical (unpaired) electrons. The number of carbonyl (C=O) groups is 1. The van der Waals surface area contributed by atoms with Crippen LogP contribution in [0.4, 0.5) is 0 Å². The van der Waals surface area contributed by atoms with E-state index in [1.807, 2.05) is 66.7 Å². The molecule has 3 aromatic rings. The molecule has 1 aliphatic rings. The van der Waals surface area contributed by atoms with E-state index in [0.717, 1.165) is 28.1 Å². The predicted molar refractivity (Wildman–Crippen MR) is 132 cm³/mol. The van der Waals surface area contributed by atoms with E-state index in [4.69, 9.17) is 4.74 Å². The Balaban J connectivity index is 1.22.